The Morgan fingerprint density at radius 2 is 1.81 bits per heavy atom. The van der Waals surface area contributed by atoms with Crippen molar-refractivity contribution in [1.29, 1.82) is 0 Å². The van der Waals surface area contributed by atoms with Crippen molar-refractivity contribution in [3.63, 3.8) is 0 Å². The summed E-state index contributed by atoms with van der Waals surface area (Å²) in [6.07, 6.45) is 2.98. The molecule has 1 fully saturated rings. The number of aromatic nitrogens is 1. The maximum absolute atomic E-state index is 13.3. The van der Waals surface area contributed by atoms with E-state index in [-0.39, 0.29) is 12.0 Å². The minimum absolute atomic E-state index is 0.214. The summed E-state index contributed by atoms with van der Waals surface area (Å²) in [6, 6.07) is 13.5. The largest absolute Gasteiger partial charge is 0.481 e. The number of urea groups is 1. The van der Waals surface area contributed by atoms with Gasteiger partial charge < -0.3 is 35.6 Å². The van der Waals surface area contributed by atoms with Crippen molar-refractivity contribution in [3.8, 4) is 0 Å². The molecule has 42 heavy (non-hydrogen) atoms. The van der Waals surface area contributed by atoms with Gasteiger partial charge in [0.1, 0.15) is 0 Å². The standard InChI is InChI=1S/C29H31ClN6O6/c1-42-29(41)36-13-3-12-35(14-15-36)25-10-5-19(16-24(25)34-28(40)32-22-8-6-21(30)7-9-22)27(39)33-23(17-26(37)38)20-4-2-11-31-18-20/h2,4-11,16,18,23H,3,12-15,17H2,1H3,(H,33,39)(H,37,38)(H2,32,34,40). The zero-order valence-electron chi connectivity index (χ0n) is 22.9. The van der Waals surface area contributed by atoms with Gasteiger partial charge >= 0.3 is 18.1 Å². The van der Waals surface area contributed by atoms with E-state index in [2.05, 4.69) is 20.9 Å². The lowest BCUT2D eigenvalue weighted by atomic mass is 10.0. The number of amides is 4. The van der Waals surface area contributed by atoms with E-state index in [1.807, 2.05) is 4.90 Å². The Bertz CT molecular complexity index is 1420. The van der Waals surface area contributed by atoms with Crippen LogP contribution >= 0.6 is 11.6 Å². The molecule has 12 nitrogen and oxygen atoms in total. The second-order valence-electron chi connectivity index (χ2n) is 9.53. The molecule has 4 amide bonds. The van der Waals surface area contributed by atoms with Gasteiger partial charge in [-0.1, -0.05) is 17.7 Å². The quantitative estimate of drug-likeness (QED) is 0.295. The van der Waals surface area contributed by atoms with E-state index in [0.717, 1.165) is 0 Å². The van der Waals surface area contributed by atoms with E-state index in [1.54, 1.807) is 59.6 Å². The van der Waals surface area contributed by atoms with Crippen LogP contribution in [0.15, 0.2) is 67.0 Å². The normalized spacial score (nSPS) is 13.9. The Hall–Kier alpha value is -4.84. The third-order valence-electron chi connectivity index (χ3n) is 6.65. The monoisotopic (exact) mass is 594 g/mol. The van der Waals surface area contributed by atoms with Gasteiger partial charge in [-0.05, 0) is 60.5 Å². The van der Waals surface area contributed by atoms with Crippen LogP contribution in [-0.4, -0.2) is 72.3 Å². The number of hydrogen-bond acceptors (Lipinski definition) is 7. The van der Waals surface area contributed by atoms with E-state index < -0.39 is 30.0 Å². The second kappa shape index (κ2) is 14.2. The van der Waals surface area contributed by atoms with Crippen LogP contribution < -0.4 is 20.9 Å². The molecule has 4 rings (SSSR count). The molecule has 1 aliphatic heterocycles. The first-order chi connectivity index (χ1) is 20.2. The first-order valence-electron chi connectivity index (χ1n) is 13.2. The lowest BCUT2D eigenvalue weighted by Crippen LogP contribution is -2.35. The average Bonchev–Trinajstić information content (AvgIpc) is 3.24. The van der Waals surface area contributed by atoms with Gasteiger partial charge in [0, 0.05) is 54.8 Å². The molecule has 1 saturated heterocycles. The SMILES string of the molecule is COC(=O)N1CCCN(c2ccc(C(=O)NC(CC(=O)O)c3cccnc3)cc2NC(=O)Nc2ccc(Cl)cc2)CC1. The molecule has 220 valence electrons. The number of anilines is 3. The predicted molar refractivity (Wildman–Crippen MR) is 158 cm³/mol. The van der Waals surface area contributed by atoms with Crippen molar-refractivity contribution in [3.05, 3.63) is 83.1 Å². The van der Waals surface area contributed by atoms with Crippen molar-refractivity contribution in [2.45, 2.75) is 18.9 Å². The summed E-state index contributed by atoms with van der Waals surface area (Å²) in [5, 5.41) is 18.3. The van der Waals surface area contributed by atoms with E-state index in [1.165, 1.54) is 19.4 Å². The molecule has 2 aromatic carbocycles. The van der Waals surface area contributed by atoms with Crippen LogP contribution in [0.4, 0.5) is 26.7 Å². The number of aliphatic carboxylic acids is 1. The van der Waals surface area contributed by atoms with Crippen molar-refractivity contribution < 1.29 is 29.0 Å². The number of nitrogens with zero attached hydrogens (tertiary/aromatic N) is 3. The van der Waals surface area contributed by atoms with Gasteiger partial charge in [0.2, 0.25) is 0 Å². The zero-order chi connectivity index (χ0) is 30.1. The van der Waals surface area contributed by atoms with Crippen LogP contribution in [-0.2, 0) is 9.53 Å². The number of benzene rings is 2. The molecule has 0 bridgehead atoms. The number of methoxy groups -OCH3 is 1. The average molecular weight is 595 g/mol. The fourth-order valence-corrected chi connectivity index (χ4v) is 4.72. The Morgan fingerprint density at radius 1 is 1.02 bits per heavy atom. The summed E-state index contributed by atoms with van der Waals surface area (Å²) < 4.78 is 4.87. The molecule has 0 saturated carbocycles. The van der Waals surface area contributed by atoms with Crippen molar-refractivity contribution in [1.82, 2.24) is 15.2 Å². The number of pyridine rings is 1. The third kappa shape index (κ3) is 8.10. The van der Waals surface area contributed by atoms with E-state index in [4.69, 9.17) is 16.3 Å². The summed E-state index contributed by atoms with van der Waals surface area (Å²) in [7, 11) is 1.34. The number of hydrogen-bond donors (Lipinski definition) is 4. The highest BCUT2D eigenvalue weighted by Gasteiger charge is 2.24. The van der Waals surface area contributed by atoms with Gasteiger partial charge in [0.25, 0.3) is 5.91 Å². The highest BCUT2D eigenvalue weighted by molar-refractivity contribution is 6.30. The number of carboxylic acids is 1. The summed E-state index contributed by atoms with van der Waals surface area (Å²) in [5.41, 5.74) is 2.29. The van der Waals surface area contributed by atoms with E-state index >= 15 is 0 Å². The maximum Gasteiger partial charge on any atom is 0.409 e. The highest BCUT2D eigenvalue weighted by Crippen LogP contribution is 2.29. The molecular weight excluding hydrogens is 564 g/mol. The van der Waals surface area contributed by atoms with Gasteiger partial charge in [0.05, 0.1) is 30.9 Å². The number of carbonyl (C=O) groups excluding carboxylic acids is 3. The first-order valence-corrected chi connectivity index (χ1v) is 13.6. The molecule has 1 unspecified atom stereocenters. The van der Waals surface area contributed by atoms with Gasteiger partial charge in [-0.3, -0.25) is 14.6 Å². The van der Waals surface area contributed by atoms with Gasteiger partial charge in [0.15, 0.2) is 0 Å². The van der Waals surface area contributed by atoms with Crippen LogP contribution in [0.1, 0.15) is 34.8 Å². The Morgan fingerprint density at radius 3 is 2.50 bits per heavy atom. The van der Waals surface area contributed by atoms with Crippen LogP contribution in [0.25, 0.3) is 0 Å². The first kappa shape index (κ1) is 30.1. The van der Waals surface area contributed by atoms with Gasteiger partial charge in [-0.25, -0.2) is 9.59 Å². The Labute approximate surface area is 247 Å². The van der Waals surface area contributed by atoms with Gasteiger partial charge in [-0.15, -0.1) is 0 Å². The van der Waals surface area contributed by atoms with E-state index in [0.29, 0.717) is 60.2 Å². The van der Waals surface area contributed by atoms with Crippen LogP contribution in [0, 0.1) is 0 Å². The lowest BCUT2D eigenvalue weighted by molar-refractivity contribution is -0.137. The van der Waals surface area contributed by atoms with Crippen molar-refractivity contribution >= 4 is 52.7 Å². The van der Waals surface area contributed by atoms with Crippen LogP contribution in [0.3, 0.4) is 0 Å². The molecular formula is C29H31ClN6O6. The third-order valence-corrected chi connectivity index (χ3v) is 6.90. The number of carboxylic acid groups (broad SMARTS) is 1. The van der Waals surface area contributed by atoms with Crippen LogP contribution in [0.2, 0.25) is 5.02 Å². The summed E-state index contributed by atoms with van der Waals surface area (Å²) in [6.45, 7) is 1.99. The van der Waals surface area contributed by atoms with Crippen LogP contribution in [0.5, 0.6) is 0 Å². The molecule has 13 heteroatoms. The fraction of sp³-hybridized carbons (Fsp3) is 0.276. The van der Waals surface area contributed by atoms with Gasteiger partial charge in [-0.2, -0.15) is 0 Å². The molecule has 0 radical (unpaired) electrons. The minimum atomic E-state index is -1.08. The molecule has 2 heterocycles. The molecule has 4 N–H and O–H groups in total. The Kier molecular flexibility index (Phi) is 10.2. The van der Waals surface area contributed by atoms with Crippen molar-refractivity contribution in [2.75, 3.05) is 48.8 Å². The summed E-state index contributed by atoms with van der Waals surface area (Å²) >= 11 is 5.95. The number of carbonyl (C=O) groups is 4. The second-order valence-corrected chi connectivity index (χ2v) is 9.96. The summed E-state index contributed by atoms with van der Waals surface area (Å²) in [4.78, 5) is 57.6. The molecule has 0 spiro atoms. The topological polar surface area (TPSA) is 153 Å². The number of rotatable bonds is 8. The number of nitrogens with one attached hydrogen (secondary N) is 3. The van der Waals surface area contributed by atoms with Crippen molar-refractivity contribution in [2.24, 2.45) is 0 Å². The lowest BCUT2D eigenvalue weighted by Gasteiger charge is -2.26. The molecule has 1 aromatic heterocycles. The smallest absolute Gasteiger partial charge is 0.409 e. The highest BCUT2D eigenvalue weighted by atomic mass is 35.5. The molecule has 3 aromatic rings. The maximum atomic E-state index is 13.3. The zero-order valence-corrected chi connectivity index (χ0v) is 23.6. The molecule has 1 atom stereocenters. The number of halogens is 1. The predicted octanol–water partition coefficient (Wildman–Crippen LogP) is 4.60. The Balaban J connectivity index is 1.60. The fourth-order valence-electron chi connectivity index (χ4n) is 4.59. The number of ether oxygens (including phenoxy) is 1. The molecule has 1 aliphatic rings. The van der Waals surface area contributed by atoms with E-state index in [9.17, 15) is 24.3 Å². The molecule has 0 aliphatic carbocycles. The summed E-state index contributed by atoms with van der Waals surface area (Å²) in [5.74, 6) is -1.60. The minimum Gasteiger partial charge on any atom is -0.481 e.